The van der Waals surface area contributed by atoms with E-state index in [2.05, 4.69) is 49.3 Å². The van der Waals surface area contributed by atoms with Crippen molar-refractivity contribution in [2.75, 3.05) is 32.2 Å². The molecular formula is C52H52ClN10NaO10S2. The van der Waals surface area contributed by atoms with Gasteiger partial charge in [0.05, 0.1) is 30.6 Å². The van der Waals surface area contributed by atoms with E-state index in [9.17, 15) is 21.9 Å². The van der Waals surface area contributed by atoms with Gasteiger partial charge >= 0.3 is 29.6 Å². The van der Waals surface area contributed by atoms with Gasteiger partial charge in [0.15, 0.2) is 51.4 Å². The number of hydrogen-bond acceptors (Lipinski definition) is 18. The van der Waals surface area contributed by atoms with Crippen molar-refractivity contribution in [3.8, 4) is 63.7 Å². The van der Waals surface area contributed by atoms with Crippen LogP contribution < -0.4 is 58.0 Å². The average Bonchev–Trinajstić information content (AvgIpc) is 3.40. The molecule has 0 aliphatic heterocycles. The Bertz CT molecular complexity index is 3470. The molecule has 20 nitrogen and oxygen atoms in total. The maximum absolute atomic E-state index is 13.4. The minimum Gasteiger partial charge on any atom is -0.493 e. The zero-order chi connectivity index (χ0) is 54.0. The first-order chi connectivity index (χ1) is 35.7. The number of aliphatic hydroxyl groups is 1. The largest absolute Gasteiger partial charge is 1.00 e. The van der Waals surface area contributed by atoms with Gasteiger partial charge in [-0.3, -0.25) is 4.72 Å². The topological polar surface area (TPSA) is 264 Å². The predicted octanol–water partition coefficient (Wildman–Crippen LogP) is 7.29. The molecule has 0 spiro atoms. The Kier molecular flexibility index (Phi) is 19.3. The van der Waals surface area contributed by atoms with E-state index in [4.69, 9.17) is 35.3 Å². The summed E-state index contributed by atoms with van der Waals surface area (Å²) < 4.78 is 88.4. The van der Waals surface area contributed by atoms with Crippen molar-refractivity contribution < 1.29 is 75.2 Å². The number of anilines is 1. The van der Waals surface area contributed by atoms with E-state index in [0.717, 1.165) is 11.1 Å². The predicted molar refractivity (Wildman–Crippen MR) is 281 cm³/mol. The van der Waals surface area contributed by atoms with Gasteiger partial charge in [-0.2, -0.15) is 0 Å². The Morgan fingerprint density at radius 1 is 0.566 bits per heavy atom. The van der Waals surface area contributed by atoms with Gasteiger partial charge in [0.1, 0.15) is 12.4 Å². The molecule has 4 aromatic carbocycles. The molecule has 0 saturated carbocycles. The number of aliphatic hydroxyl groups excluding tert-OH is 1. The normalized spacial score (nSPS) is 11.5. The standard InChI is InChI=1S/C27H28N5O6S.C25H24ClN5O4S.Na/c1-27(2,3)18-10-12-19(13-11-18)39(34,35)32-23-22(38-21-9-6-5-8-20(21)36-4)26(37-17-16-33)31-25(30-23)24-28-14-7-15-29-24;1-25(2,3)16-10-12-17(13-11-16)36(32,33)31-22-20(35-19-9-6-5-8-18(19)34-4)21(26)29-24(30-22)23-27-14-7-15-28-23;/h5-15,33H,16-17H2,1-4H3;5-15H,1-4H3,(H,29,30,31);/q-1;;+1. The van der Waals surface area contributed by atoms with Gasteiger partial charge < -0.3 is 38.5 Å². The molecule has 0 fully saturated rings. The third-order valence-electron chi connectivity index (χ3n) is 10.6. The zero-order valence-corrected chi connectivity index (χ0v) is 47.3. The first-order valence-corrected chi connectivity index (χ1v) is 26.1. The summed E-state index contributed by atoms with van der Waals surface area (Å²) in [5.74, 6) is 0.590. The first-order valence-electron chi connectivity index (χ1n) is 22.8. The molecule has 0 atom stereocenters. The molecule has 0 amide bonds. The van der Waals surface area contributed by atoms with Gasteiger partial charge in [0.25, 0.3) is 15.9 Å². The van der Waals surface area contributed by atoms with E-state index in [0.29, 0.717) is 17.2 Å². The second kappa shape index (κ2) is 25.2. The van der Waals surface area contributed by atoms with Crippen molar-refractivity contribution in [3.63, 3.8) is 0 Å². The quantitative estimate of drug-likeness (QED) is 0.0669. The number of nitrogens with one attached hydrogen (secondary N) is 1. The Morgan fingerprint density at radius 3 is 1.47 bits per heavy atom. The molecule has 0 aliphatic rings. The second-order valence-electron chi connectivity index (χ2n) is 18.0. The maximum atomic E-state index is 13.4. The fourth-order valence-corrected chi connectivity index (χ4v) is 8.81. The average molecular weight is 1100 g/mol. The Balaban J connectivity index is 0.000000244. The number of para-hydroxylation sites is 4. The number of halogens is 1. The fraction of sp³-hybridized carbons (Fsp3) is 0.231. The van der Waals surface area contributed by atoms with Crippen LogP contribution in [0.4, 0.5) is 11.6 Å². The van der Waals surface area contributed by atoms with Gasteiger partial charge in [-0.15, -0.1) is 0 Å². The third-order valence-corrected chi connectivity index (χ3v) is 13.4. The number of aromatic nitrogens is 8. The number of ether oxygens (including phenoxy) is 5. The SMILES string of the molecule is COc1ccccc1Oc1c(Cl)nc(-c2ncccn2)nc1NS(=O)(=O)c1ccc(C(C)(C)C)cc1.COc1ccccc1Oc1c([N-]S(=O)(=O)c2ccc(C(C)(C)C)cc2)nc(-c2ncccn2)nc1OCCO.[Na+]. The van der Waals surface area contributed by atoms with E-state index >= 15 is 0 Å². The number of hydrogen-bond donors (Lipinski definition) is 2. The summed E-state index contributed by atoms with van der Waals surface area (Å²) >= 11 is 6.47. The van der Waals surface area contributed by atoms with Crippen LogP contribution in [0.5, 0.6) is 40.4 Å². The van der Waals surface area contributed by atoms with Gasteiger partial charge in [-0.25, -0.2) is 51.7 Å². The summed E-state index contributed by atoms with van der Waals surface area (Å²) in [5.41, 5.74) is 1.67. The van der Waals surface area contributed by atoms with Crippen molar-refractivity contribution in [2.24, 2.45) is 0 Å². The van der Waals surface area contributed by atoms with Crippen molar-refractivity contribution in [1.82, 2.24) is 39.9 Å². The van der Waals surface area contributed by atoms with E-state index in [1.807, 2.05) is 41.5 Å². The number of benzene rings is 4. The summed E-state index contributed by atoms with van der Waals surface area (Å²) in [6.45, 7) is 11.7. The molecule has 0 aliphatic carbocycles. The van der Waals surface area contributed by atoms with Crippen LogP contribution in [0.2, 0.25) is 5.15 Å². The monoisotopic (exact) mass is 1100 g/mol. The summed E-state index contributed by atoms with van der Waals surface area (Å²) in [6.07, 6.45) is 6.01. The number of rotatable bonds is 17. The van der Waals surface area contributed by atoms with Gasteiger partial charge in [-0.05, 0) is 82.6 Å². The molecule has 24 heteroatoms. The molecule has 390 valence electrons. The molecule has 0 saturated heterocycles. The van der Waals surface area contributed by atoms with Crippen LogP contribution in [0.25, 0.3) is 28.0 Å². The summed E-state index contributed by atoms with van der Waals surface area (Å²) in [6, 6.07) is 29.9. The molecule has 2 N–H and O–H groups in total. The summed E-state index contributed by atoms with van der Waals surface area (Å²) in [5, 5.41) is 9.25. The second-order valence-corrected chi connectivity index (χ2v) is 21.6. The third kappa shape index (κ3) is 14.7. The van der Waals surface area contributed by atoms with Crippen LogP contribution in [0.15, 0.2) is 144 Å². The number of sulfonamides is 2. The Hall–Kier alpha value is -7.05. The smallest absolute Gasteiger partial charge is 0.493 e. The first kappa shape index (κ1) is 58.2. The maximum Gasteiger partial charge on any atom is 1.00 e. The van der Waals surface area contributed by atoms with Gasteiger partial charge in [-0.1, -0.05) is 102 Å². The minimum atomic E-state index is -4.26. The number of nitrogens with zero attached hydrogens (tertiary/aromatic N) is 9. The minimum absolute atomic E-state index is 0. The molecule has 0 unspecified atom stereocenters. The van der Waals surface area contributed by atoms with Crippen LogP contribution in [-0.4, -0.2) is 89.2 Å². The van der Waals surface area contributed by atoms with Gasteiger partial charge in [0.2, 0.25) is 21.6 Å². The Labute approximate surface area is 468 Å². The molecule has 4 heterocycles. The summed E-state index contributed by atoms with van der Waals surface area (Å²) in [4.78, 5) is 33.8. The van der Waals surface area contributed by atoms with Crippen molar-refractivity contribution in [1.29, 1.82) is 0 Å². The molecule has 4 aromatic heterocycles. The fourth-order valence-electron chi connectivity index (χ4n) is 6.66. The molecule has 0 radical (unpaired) electrons. The molecule has 0 bridgehead atoms. The molecular weight excluding hydrogens is 1050 g/mol. The molecule has 76 heavy (non-hydrogen) atoms. The van der Waals surface area contributed by atoms with E-state index in [1.165, 1.54) is 63.3 Å². The van der Waals surface area contributed by atoms with Crippen LogP contribution in [0.3, 0.4) is 0 Å². The Morgan fingerprint density at radius 2 is 1.01 bits per heavy atom. The van der Waals surface area contributed by atoms with Crippen molar-refractivity contribution >= 4 is 43.3 Å². The van der Waals surface area contributed by atoms with Crippen LogP contribution in [0, 0.1) is 0 Å². The van der Waals surface area contributed by atoms with Crippen LogP contribution in [-0.2, 0) is 30.9 Å². The van der Waals surface area contributed by atoms with Crippen molar-refractivity contribution in [3.05, 3.63) is 155 Å². The van der Waals surface area contributed by atoms with Gasteiger partial charge in [0, 0.05) is 30.6 Å². The zero-order valence-electron chi connectivity index (χ0n) is 43.0. The van der Waals surface area contributed by atoms with E-state index in [1.54, 1.807) is 84.9 Å². The molecule has 8 aromatic rings. The van der Waals surface area contributed by atoms with Crippen molar-refractivity contribution in [2.45, 2.75) is 62.2 Å². The van der Waals surface area contributed by atoms with Crippen LogP contribution in [0.1, 0.15) is 52.7 Å². The van der Waals surface area contributed by atoms with E-state index < -0.39 is 20.0 Å². The molecule has 8 rings (SSSR count). The summed E-state index contributed by atoms with van der Waals surface area (Å²) in [7, 11) is -5.38. The van der Waals surface area contributed by atoms with Crippen LogP contribution >= 0.6 is 11.6 Å². The van der Waals surface area contributed by atoms with E-state index in [-0.39, 0.29) is 127 Å². The number of methoxy groups -OCH3 is 2.